The molecular formula is C25H31N3O3. The summed E-state index contributed by atoms with van der Waals surface area (Å²) in [6.07, 6.45) is 9.55. The second-order valence-corrected chi connectivity index (χ2v) is 9.59. The SMILES string of the molecule is O=C1NC(=O)N(CCc2ccccc2)C(=O)C1=CC1C[C@@H]2CCCN3CCC[C@@H](C1)C23. The quantitative estimate of drug-likeness (QED) is 0.599. The molecule has 5 rings (SSSR count). The summed E-state index contributed by atoms with van der Waals surface area (Å²) in [6, 6.07) is 9.86. The molecule has 1 aromatic carbocycles. The molecule has 6 heteroatoms. The Hall–Kier alpha value is -2.47. The van der Waals surface area contributed by atoms with Gasteiger partial charge in [0.15, 0.2) is 0 Å². The van der Waals surface area contributed by atoms with Crippen molar-refractivity contribution in [3.8, 4) is 0 Å². The molecule has 0 spiro atoms. The van der Waals surface area contributed by atoms with E-state index in [2.05, 4.69) is 10.2 Å². The Bertz CT molecular complexity index is 877. The summed E-state index contributed by atoms with van der Waals surface area (Å²) in [5.74, 6) is 0.570. The molecule has 0 aromatic heterocycles. The standard InChI is InChI=1S/C25H31N3O3/c29-23-21(24(30)28(25(31)26-23)13-10-17-6-2-1-3-7-17)16-18-14-19-8-4-11-27-12-5-9-20(15-18)22(19)27/h1-3,6-7,16,18-20,22H,4-5,8-15H2,(H,26,29,31)/t18?,19-,20-,22?/m0/s1. The number of allylic oxidation sites excluding steroid dienone is 1. The highest BCUT2D eigenvalue weighted by molar-refractivity contribution is 6.28. The van der Waals surface area contributed by atoms with Gasteiger partial charge in [-0.15, -0.1) is 0 Å². The maximum Gasteiger partial charge on any atom is 0.331 e. The second-order valence-electron chi connectivity index (χ2n) is 9.59. The number of amides is 4. The monoisotopic (exact) mass is 421 g/mol. The van der Waals surface area contributed by atoms with E-state index in [1.807, 2.05) is 36.4 Å². The van der Waals surface area contributed by atoms with E-state index in [4.69, 9.17) is 0 Å². The lowest BCUT2D eigenvalue weighted by Gasteiger charge is -2.53. The number of nitrogens with one attached hydrogen (secondary N) is 1. The molecule has 1 aliphatic carbocycles. The van der Waals surface area contributed by atoms with E-state index in [1.54, 1.807) is 0 Å². The summed E-state index contributed by atoms with van der Waals surface area (Å²) in [7, 11) is 0. The largest absolute Gasteiger partial charge is 0.331 e. The van der Waals surface area contributed by atoms with E-state index >= 15 is 0 Å². The molecule has 1 N–H and O–H groups in total. The van der Waals surface area contributed by atoms with Crippen LogP contribution in [-0.4, -0.2) is 53.3 Å². The maximum atomic E-state index is 13.1. The van der Waals surface area contributed by atoms with Gasteiger partial charge in [0.05, 0.1) is 0 Å². The minimum Gasteiger partial charge on any atom is -0.300 e. The molecule has 0 unspecified atom stereocenters. The van der Waals surface area contributed by atoms with Crippen molar-refractivity contribution in [3.05, 3.63) is 47.5 Å². The number of imide groups is 2. The predicted octanol–water partition coefficient (Wildman–Crippen LogP) is 3.13. The molecule has 4 aliphatic rings. The first-order valence-corrected chi connectivity index (χ1v) is 11.8. The van der Waals surface area contributed by atoms with Gasteiger partial charge < -0.3 is 0 Å². The van der Waals surface area contributed by atoms with Crippen LogP contribution in [0.5, 0.6) is 0 Å². The molecule has 6 nitrogen and oxygen atoms in total. The fraction of sp³-hybridized carbons (Fsp3) is 0.560. The van der Waals surface area contributed by atoms with Crippen molar-refractivity contribution in [1.82, 2.24) is 15.1 Å². The van der Waals surface area contributed by atoms with Gasteiger partial charge in [0.2, 0.25) is 0 Å². The average Bonchev–Trinajstić information content (AvgIpc) is 2.77. The van der Waals surface area contributed by atoms with Gasteiger partial charge in [0.25, 0.3) is 11.8 Å². The molecule has 3 heterocycles. The number of carbonyl (C=O) groups is 3. The molecule has 1 aromatic rings. The number of barbiturate groups is 1. The zero-order valence-corrected chi connectivity index (χ0v) is 18.0. The first kappa shape index (κ1) is 20.4. The lowest BCUT2D eigenvalue weighted by atomic mass is 9.65. The first-order chi connectivity index (χ1) is 15.1. The van der Waals surface area contributed by atoms with Crippen LogP contribution in [0.4, 0.5) is 4.79 Å². The highest BCUT2D eigenvalue weighted by atomic mass is 16.2. The summed E-state index contributed by atoms with van der Waals surface area (Å²) in [5, 5.41) is 2.39. The van der Waals surface area contributed by atoms with Gasteiger partial charge in [-0.05, 0) is 81.4 Å². The minimum atomic E-state index is -0.609. The Kier molecular flexibility index (Phi) is 5.65. The summed E-state index contributed by atoms with van der Waals surface area (Å²) in [6.45, 7) is 2.72. The molecule has 3 saturated heterocycles. The third-order valence-electron chi connectivity index (χ3n) is 7.69. The van der Waals surface area contributed by atoms with Gasteiger partial charge in [-0.2, -0.15) is 0 Å². The molecule has 0 bridgehead atoms. The lowest BCUT2D eigenvalue weighted by molar-refractivity contribution is -0.130. The van der Waals surface area contributed by atoms with Crippen LogP contribution in [-0.2, 0) is 16.0 Å². The molecule has 4 fully saturated rings. The van der Waals surface area contributed by atoms with Crippen LogP contribution in [0.3, 0.4) is 0 Å². The van der Waals surface area contributed by atoms with Crippen LogP contribution in [0.1, 0.15) is 44.1 Å². The van der Waals surface area contributed by atoms with Crippen molar-refractivity contribution in [2.24, 2.45) is 17.8 Å². The topological polar surface area (TPSA) is 69.7 Å². The lowest BCUT2D eigenvalue weighted by Crippen LogP contribution is -2.56. The maximum absolute atomic E-state index is 13.1. The van der Waals surface area contributed by atoms with Gasteiger partial charge in [-0.1, -0.05) is 36.4 Å². The molecule has 4 amide bonds. The Balaban J connectivity index is 1.31. The summed E-state index contributed by atoms with van der Waals surface area (Å²) in [4.78, 5) is 41.9. The summed E-state index contributed by atoms with van der Waals surface area (Å²) in [5.41, 5.74) is 1.21. The van der Waals surface area contributed by atoms with Crippen molar-refractivity contribution < 1.29 is 14.4 Å². The van der Waals surface area contributed by atoms with Gasteiger partial charge in [-0.3, -0.25) is 24.7 Å². The van der Waals surface area contributed by atoms with Crippen LogP contribution in [0.15, 0.2) is 42.0 Å². The van der Waals surface area contributed by atoms with Crippen molar-refractivity contribution >= 4 is 17.8 Å². The van der Waals surface area contributed by atoms with Crippen LogP contribution < -0.4 is 5.32 Å². The molecular weight excluding hydrogens is 390 g/mol. The van der Waals surface area contributed by atoms with E-state index in [-0.39, 0.29) is 18.0 Å². The number of hydrogen-bond acceptors (Lipinski definition) is 4. The smallest absolute Gasteiger partial charge is 0.300 e. The van der Waals surface area contributed by atoms with Crippen molar-refractivity contribution in [2.75, 3.05) is 19.6 Å². The highest BCUT2D eigenvalue weighted by Crippen LogP contribution is 2.46. The third kappa shape index (κ3) is 4.05. The van der Waals surface area contributed by atoms with Crippen molar-refractivity contribution in [1.29, 1.82) is 0 Å². The van der Waals surface area contributed by atoms with Crippen molar-refractivity contribution in [2.45, 2.75) is 51.0 Å². The number of hydrogen-bond donors (Lipinski definition) is 1. The van der Waals surface area contributed by atoms with Gasteiger partial charge in [0, 0.05) is 12.6 Å². The van der Waals surface area contributed by atoms with Gasteiger partial charge >= 0.3 is 6.03 Å². The van der Waals surface area contributed by atoms with Crippen LogP contribution in [0.25, 0.3) is 0 Å². The Morgan fingerprint density at radius 2 is 1.65 bits per heavy atom. The number of nitrogens with zero attached hydrogens (tertiary/aromatic N) is 2. The number of benzene rings is 1. The van der Waals surface area contributed by atoms with Crippen LogP contribution in [0, 0.1) is 17.8 Å². The number of carbonyl (C=O) groups excluding carboxylic acids is 3. The van der Waals surface area contributed by atoms with Gasteiger partial charge in [0.1, 0.15) is 5.57 Å². The van der Waals surface area contributed by atoms with E-state index in [1.165, 1.54) is 43.7 Å². The normalized spacial score (nSPS) is 32.7. The molecule has 1 saturated carbocycles. The molecule has 164 valence electrons. The minimum absolute atomic E-state index is 0.152. The first-order valence-electron chi connectivity index (χ1n) is 11.8. The Labute approximate surface area is 183 Å². The Morgan fingerprint density at radius 3 is 2.32 bits per heavy atom. The van der Waals surface area contributed by atoms with E-state index < -0.39 is 17.8 Å². The van der Waals surface area contributed by atoms with Crippen LogP contribution >= 0.6 is 0 Å². The van der Waals surface area contributed by atoms with E-state index in [9.17, 15) is 14.4 Å². The summed E-state index contributed by atoms with van der Waals surface area (Å²) >= 11 is 0. The summed E-state index contributed by atoms with van der Waals surface area (Å²) < 4.78 is 0. The fourth-order valence-electron chi connectivity index (χ4n) is 6.41. The second kappa shape index (κ2) is 8.58. The van der Waals surface area contributed by atoms with E-state index in [0.717, 1.165) is 18.4 Å². The van der Waals surface area contributed by atoms with Gasteiger partial charge in [-0.25, -0.2) is 4.79 Å². The third-order valence-corrected chi connectivity index (χ3v) is 7.69. The number of urea groups is 1. The molecule has 2 atom stereocenters. The highest BCUT2D eigenvalue weighted by Gasteiger charge is 2.44. The molecule has 0 radical (unpaired) electrons. The number of piperidine rings is 2. The Morgan fingerprint density at radius 1 is 0.968 bits per heavy atom. The molecule has 31 heavy (non-hydrogen) atoms. The van der Waals surface area contributed by atoms with Crippen LogP contribution in [0.2, 0.25) is 0 Å². The molecule has 3 aliphatic heterocycles. The fourth-order valence-corrected chi connectivity index (χ4v) is 6.41. The zero-order chi connectivity index (χ0) is 21.4. The predicted molar refractivity (Wildman–Crippen MR) is 117 cm³/mol. The number of rotatable bonds is 4. The van der Waals surface area contributed by atoms with Crippen molar-refractivity contribution in [3.63, 3.8) is 0 Å². The average molecular weight is 422 g/mol. The van der Waals surface area contributed by atoms with E-state index in [0.29, 0.717) is 24.3 Å². The zero-order valence-electron chi connectivity index (χ0n) is 18.0.